The first kappa shape index (κ1) is 13.6. The van der Waals surface area contributed by atoms with Gasteiger partial charge in [-0.3, -0.25) is 14.4 Å². The van der Waals surface area contributed by atoms with Crippen LogP contribution in [0.15, 0.2) is 0 Å². The van der Waals surface area contributed by atoms with Gasteiger partial charge in [-0.15, -0.1) is 0 Å². The van der Waals surface area contributed by atoms with Crippen molar-refractivity contribution >= 4 is 17.7 Å². The molecule has 1 amide bonds. The number of carbonyl (C=O) groups is 3. The maximum Gasteiger partial charge on any atom is 0.317 e. The topological polar surface area (TPSA) is 72.5 Å². The van der Waals surface area contributed by atoms with Crippen molar-refractivity contribution in [2.24, 2.45) is 11.8 Å². The summed E-state index contributed by atoms with van der Waals surface area (Å²) in [6, 6.07) is 0. The summed E-state index contributed by atoms with van der Waals surface area (Å²) in [4.78, 5) is 34.0. The highest BCUT2D eigenvalue weighted by Gasteiger charge is 2.34. The first-order valence-electron chi connectivity index (χ1n) is 4.84. The fraction of sp³-hybridized carbons (Fsp3) is 0.700. The van der Waals surface area contributed by atoms with Gasteiger partial charge in [-0.25, -0.2) is 0 Å². The molecular formula is C10H17NO4. The molecule has 0 aliphatic heterocycles. The van der Waals surface area contributed by atoms with Gasteiger partial charge in [0.25, 0.3) is 0 Å². The lowest BCUT2D eigenvalue weighted by atomic mass is 9.90. The number of nitrogens with one attached hydrogen (secondary N) is 1. The van der Waals surface area contributed by atoms with Crippen LogP contribution in [0.5, 0.6) is 0 Å². The molecule has 0 spiro atoms. The van der Waals surface area contributed by atoms with E-state index < -0.39 is 17.8 Å². The van der Waals surface area contributed by atoms with Crippen LogP contribution in [0.1, 0.15) is 20.8 Å². The Morgan fingerprint density at radius 1 is 1.33 bits per heavy atom. The standard InChI is InChI=1S/C10H17NO4/c1-5-15-10(14)8(7(3)12)6(2)9(13)11-4/h6,8H,5H2,1-4H3,(H,11,13). The Labute approximate surface area is 89.2 Å². The molecule has 0 saturated carbocycles. The van der Waals surface area contributed by atoms with Crippen molar-refractivity contribution in [2.45, 2.75) is 20.8 Å². The average Bonchev–Trinajstić information content (AvgIpc) is 2.16. The Kier molecular flexibility index (Phi) is 5.59. The van der Waals surface area contributed by atoms with Crippen LogP contribution in [0, 0.1) is 11.8 Å². The zero-order valence-corrected chi connectivity index (χ0v) is 9.49. The molecule has 0 radical (unpaired) electrons. The summed E-state index contributed by atoms with van der Waals surface area (Å²) in [7, 11) is 1.46. The molecular weight excluding hydrogens is 198 g/mol. The molecule has 0 aromatic rings. The van der Waals surface area contributed by atoms with Gasteiger partial charge in [-0.2, -0.15) is 0 Å². The summed E-state index contributed by atoms with van der Waals surface area (Å²) in [5.41, 5.74) is 0. The molecule has 1 N–H and O–H groups in total. The van der Waals surface area contributed by atoms with E-state index in [1.54, 1.807) is 6.92 Å². The second-order valence-electron chi connectivity index (χ2n) is 3.24. The van der Waals surface area contributed by atoms with Gasteiger partial charge in [0.15, 0.2) is 0 Å². The monoisotopic (exact) mass is 215 g/mol. The minimum atomic E-state index is -1.01. The van der Waals surface area contributed by atoms with Crippen LogP contribution in [0.4, 0.5) is 0 Å². The average molecular weight is 215 g/mol. The summed E-state index contributed by atoms with van der Waals surface area (Å²) in [6.45, 7) is 4.66. The van der Waals surface area contributed by atoms with Crippen LogP contribution in [0.3, 0.4) is 0 Å². The van der Waals surface area contributed by atoms with E-state index in [1.807, 2.05) is 0 Å². The predicted molar refractivity (Wildman–Crippen MR) is 54.0 cm³/mol. The Bertz CT molecular complexity index is 262. The molecule has 2 unspecified atom stereocenters. The van der Waals surface area contributed by atoms with Crippen molar-refractivity contribution in [3.05, 3.63) is 0 Å². The van der Waals surface area contributed by atoms with Gasteiger partial charge < -0.3 is 10.1 Å². The normalized spacial score (nSPS) is 13.9. The van der Waals surface area contributed by atoms with Crippen molar-refractivity contribution in [1.29, 1.82) is 0 Å². The molecule has 86 valence electrons. The second kappa shape index (κ2) is 6.16. The third kappa shape index (κ3) is 3.69. The molecule has 0 aromatic carbocycles. The van der Waals surface area contributed by atoms with Crippen LogP contribution in [0.25, 0.3) is 0 Å². The number of ether oxygens (including phenoxy) is 1. The van der Waals surface area contributed by atoms with E-state index in [2.05, 4.69) is 5.32 Å². The lowest BCUT2D eigenvalue weighted by Gasteiger charge is -2.18. The smallest absolute Gasteiger partial charge is 0.317 e. The number of esters is 1. The van der Waals surface area contributed by atoms with Gasteiger partial charge in [0.2, 0.25) is 5.91 Å². The summed E-state index contributed by atoms with van der Waals surface area (Å²) in [6.07, 6.45) is 0. The van der Waals surface area contributed by atoms with Crippen LogP contribution >= 0.6 is 0 Å². The molecule has 5 nitrogen and oxygen atoms in total. The largest absolute Gasteiger partial charge is 0.465 e. The van der Waals surface area contributed by atoms with Gasteiger partial charge in [0.1, 0.15) is 11.7 Å². The van der Waals surface area contributed by atoms with Crippen molar-refractivity contribution in [2.75, 3.05) is 13.7 Å². The Morgan fingerprint density at radius 2 is 1.87 bits per heavy atom. The van der Waals surface area contributed by atoms with Gasteiger partial charge >= 0.3 is 5.97 Å². The van der Waals surface area contributed by atoms with E-state index >= 15 is 0 Å². The number of ketones is 1. The molecule has 0 bridgehead atoms. The number of rotatable bonds is 5. The molecule has 0 fully saturated rings. The fourth-order valence-electron chi connectivity index (χ4n) is 1.33. The molecule has 5 heteroatoms. The minimum Gasteiger partial charge on any atom is -0.465 e. The zero-order chi connectivity index (χ0) is 12.0. The van der Waals surface area contributed by atoms with Crippen LogP contribution < -0.4 is 5.32 Å². The van der Waals surface area contributed by atoms with E-state index in [9.17, 15) is 14.4 Å². The number of amides is 1. The van der Waals surface area contributed by atoms with E-state index in [0.717, 1.165) is 0 Å². The van der Waals surface area contributed by atoms with E-state index in [-0.39, 0.29) is 18.3 Å². The quantitative estimate of drug-likeness (QED) is 0.523. The van der Waals surface area contributed by atoms with Crippen molar-refractivity contribution in [3.63, 3.8) is 0 Å². The third-order valence-electron chi connectivity index (χ3n) is 2.14. The van der Waals surface area contributed by atoms with Gasteiger partial charge in [0.05, 0.1) is 12.5 Å². The van der Waals surface area contributed by atoms with Gasteiger partial charge in [-0.05, 0) is 13.8 Å². The third-order valence-corrected chi connectivity index (χ3v) is 2.14. The number of hydrogen-bond acceptors (Lipinski definition) is 4. The summed E-state index contributed by atoms with van der Waals surface area (Å²) in [5, 5.41) is 2.40. The van der Waals surface area contributed by atoms with Crippen LogP contribution in [-0.4, -0.2) is 31.3 Å². The van der Waals surface area contributed by atoms with Gasteiger partial charge in [0, 0.05) is 7.05 Å². The van der Waals surface area contributed by atoms with E-state index in [4.69, 9.17) is 4.74 Å². The first-order chi connectivity index (χ1) is 6.95. The van der Waals surface area contributed by atoms with Crippen molar-refractivity contribution in [3.8, 4) is 0 Å². The van der Waals surface area contributed by atoms with Crippen LogP contribution in [-0.2, 0) is 19.1 Å². The second-order valence-corrected chi connectivity index (χ2v) is 3.24. The maximum absolute atomic E-state index is 11.4. The zero-order valence-electron chi connectivity index (χ0n) is 9.49. The Hall–Kier alpha value is -1.39. The molecule has 0 aliphatic carbocycles. The molecule has 0 aromatic heterocycles. The lowest BCUT2D eigenvalue weighted by molar-refractivity contribution is -0.155. The maximum atomic E-state index is 11.4. The summed E-state index contributed by atoms with van der Waals surface area (Å²) >= 11 is 0. The minimum absolute atomic E-state index is 0.197. The lowest BCUT2D eigenvalue weighted by Crippen LogP contribution is -2.38. The van der Waals surface area contributed by atoms with Crippen molar-refractivity contribution in [1.82, 2.24) is 5.32 Å². The Balaban J connectivity index is 4.73. The van der Waals surface area contributed by atoms with Crippen LogP contribution in [0.2, 0.25) is 0 Å². The highest BCUT2D eigenvalue weighted by molar-refractivity contribution is 6.02. The van der Waals surface area contributed by atoms with E-state index in [1.165, 1.54) is 20.9 Å². The van der Waals surface area contributed by atoms with Crippen molar-refractivity contribution < 1.29 is 19.1 Å². The molecule has 15 heavy (non-hydrogen) atoms. The summed E-state index contributed by atoms with van der Waals surface area (Å²) < 4.78 is 4.74. The predicted octanol–water partition coefficient (Wildman–Crippen LogP) is 0.137. The molecule has 0 rings (SSSR count). The van der Waals surface area contributed by atoms with Gasteiger partial charge in [-0.1, -0.05) is 6.92 Å². The molecule has 0 heterocycles. The molecule has 0 saturated heterocycles. The number of Topliss-reactive ketones (excluding diaryl/α,β-unsaturated/α-hetero) is 1. The van der Waals surface area contributed by atoms with E-state index in [0.29, 0.717) is 0 Å². The first-order valence-corrected chi connectivity index (χ1v) is 4.84. The summed E-state index contributed by atoms with van der Waals surface area (Å²) in [5.74, 6) is -3.05. The molecule has 0 aliphatic rings. The number of carbonyl (C=O) groups excluding carboxylic acids is 3. The molecule has 2 atom stereocenters. The highest BCUT2D eigenvalue weighted by Crippen LogP contribution is 2.15. The highest BCUT2D eigenvalue weighted by atomic mass is 16.5. The SMILES string of the molecule is CCOC(=O)C(C(C)=O)C(C)C(=O)NC. The Morgan fingerprint density at radius 3 is 2.20 bits per heavy atom. The number of hydrogen-bond donors (Lipinski definition) is 1. The fourth-order valence-corrected chi connectivity index (χ4v) is 1.33.